The highest BCUT2D eigenvalue weighted by Crippen LogP contribution is 2.39. The van der Waals surface area contributed by atoms with Gasteiger partial charge in [0.25, 0.3) is 0 Å². The average molecular weight is 847 g/mol. The van der Waals surface area contributed by atoms with Gasteiger partial charge in [0.2, 0.25) is 17.7 Å². The van der Waals surface area contributed by atoms with Crippen LogP contribution in [0.25, 0.3) is 22.4 Å². The van der Waals surface area contributed by atoms with E-state index in [9.17, 15) is 28.8 Å². The van der Waals surface area contributed by atoms with Crippen molar-refractivity contribution < 1.29 is 38.2 Å². The summed E-state index contributed by atoms with van der Waals surface area (Å²) in [5.41, 5.74) is 6.21. The second kappa shape index (κ2) is 17.9. The number of amides is 5. The molecule has 326 valence electrons. The van der Waals surface area contributed by atoms with Gasteiger partial charge in [-0.1, -0.05) is 50.2 Å². The number of aryl methyl sites for hydroxylation is 1. The molecule has 0 radical (unpaired) electrons. The highest BCUT2D eigenvalue weighted by atomic mass is 16.5. The zero-order valence-electron chi connectivity index (χ0n) is 35.5. The normalized spacial score (nSPS) is 22.4. The van der Waals surface area contributed by atoms with Crippen LogP contribution in [0.15, 0.2) is 67.0 Å². The maximum Gasteiger partial charge on any atom is 0.407 e. The van der Waals surface area contributed by atoms with Crippen LogP contribution in [0.3, 0.4) is 0 Å². The number of nitrogens with one attached hydrogen (secondary N) is 4. The number of anilines is 1. The summed E-state index contributed by atoms with van der Waals surface area (Å²) in [5, 5.41) is 8.54. The molecule has 4 aromatic rings. The molecule has 16 heteroatoms. The Morgan fingerprint density at radius 1 is 0.839 bits per heavy atom. The molecule has 1 aliphatic carbocycles. The monoisotopic (exact) mass is 846 g/mol. The quantitative estimate of drug-likeness (QED) is 0.158. The number of H-pyrrole nitrogens is 1. The molecule has 3 aliphatic heterocycles. The summed E-state index contributed by atoms with van der Waals surface area (Å²) >= 11 is 0. The molecule has 2 saturated heterocycles. The Balaban J connectivity index is 0.886. The van der Waals surface area contributed by atoms with Gasteiger partial charge in [0, 0.05) is 49.7 Å². The molecule has 6 atom stereocenters. The molecular formula is C46H54N8O8. The van der Waals surface area contributed by atoms with Gasteiger partial charge in [0.1, 0.15) is 23.7 Å². The standard InChI is InChI=1S/C46H54N8O8/c1-26(2)39(51-46(60)62-4)44(58)53-20-5-7-35(53)41-47-24-34(49-41)29-11-9-27(10-12-29)28-13-16-32(17-14-28)48-42(56)36-8-6-21-54(36)43(57)31-23-37(55)38-33(50-45(59)61-3)18-15-30-19-22-52(25-31)40(30)38/h9-14,16-17,19,22,24,26,31,33,35-36,38-39H,5-8,15,18,20-21,23,25H2,1-4H3,(H,47,49)(H,48,56)(H,50,59)(H,51,60)/t31-,33-,35-,36-,38?,39-/m0/s1. The number of aromatic nitrogens is 3. The van der Waals surface area contributed by atoms with Gasteiger partial charge in [-0.15, -0.1) is 0 Å². The Hall–Kier alpha value is -6.45. The Kier molecular flexibility index (Phi) is 12.2. The molecule has 2 fully saturated rings. The highest BCUT2D eigenvalue weighted by Gasteiger charge is 2.45. The van der Waals surface area contributed by atoms with Gasteiger partial charge in [0.05, 0.1) is 44.0 Å². The summed E-state index contributed by atoms with van der Waals surface area (Å²) in [4.78, 5) is 90.9. The number of alkyl carbamates (subject to hydrolysis) is 2. The van der Waals surface area contributed by atoms with E-state index >= 15 is 0 Å². The summed E-state index contributed by atoms with van der Waals surface area (Å²) in [6, 6.07) is 15.6. The maximum absolute atomic E-state index is 14.2. The van der Waals surface area contributed by atoms with E-state index < -0.39 is 42.1 Å². The van der Waals surface area contributed by atoms with Crippen LogP contribution in [0.4, 0.5) is 15.3 Å². The Morgan fingerprint density at radius 2 is 1.52 bits per heavy atom. The second-order valence-electron chi connectivity index (χ2n) is 17.1. The SMILES string of the molecule is COC(=O)N[C@H]1CCc2ccn3c2C1C(=O)C[C@H](C(=O)N1CCC[C@H]1C(=O)Nc1ccc(-c2ccc(-c4cnc([C@@H]5CCCN5C(=O)[C@@H](NC(=O)OC)C(C)C)[nH]4)cc2)cc1)C3. The molecule has 4 aliphatic rings. The number of aromatic amines is 1. The number of carbonyl (C=O) groups is 6. The van der Waals surface area contributed by atoms with E-state index in [1.54, 1.807) is 16.0 Å². The molecule has 16 nitrogen and oxygen atoms in total. The van der Waals surface area contributed by atoms with Crippen molar-refractivity contribution in [3.63, 3.8) is 0 Å². The number of hydrogen-bond donors (Lipinski definition) is 4. The number of rotatable bonds is 10. The molecule has 0 saturated carbocycles. The lowest BCUT2D eigenvalue weighted by atomic mass is 9.79. The number of ketones is 1. The number of methoxy groups -OCH3 is 2. The first-order valence-corrected chi connectivity index (χ1v) is 21.5. The third-order valence-corrected chi connectivity index (χ3v) is 12.9. The fourth-order valence-electron chi connectivity index (χ4n) is 9.72. The maximum atomic E-state index is 14.2. The van der Waals surface area contributed by atoms with Crippen LogP contribution < -0.4 is 16.0 Å². The van der Waals surface area contributed by atoms with Crippen molar-refractivity contribution in [3.8, 4) is 22.4 Å². The van der Waals surface area contributed by atoms with Gasteiger partial charge in [-0.2, -0.15) is 0 Å². The molecule has 5 amide bonds. The number of benzene rings is 2. The van der Waals surface area contributed by atoms with Gasteiger partial charge in [-0.05, 0) is 84.9 Å². The molecule has 2 aromatic carbocycles. The van der Waals surface area contributed by atoms with Crippen LogP contribution in [-0.4, -0.2) is 105 Å². The number of likely N-dealkylation sites (tertiary alicyclic amines) is 2. The lowest BCUT2D eigenvalue weighted by Gasteiger charge is -2.31. The van der Waals surface area contributed by atoms with Crippen molar-refractivity contribution in [2.45, 2.75) is 95.4 Å². The molecule has 0 spiro atoms. The molecule has 0 bridgehead atoms. The lowest BCUT2D eigenvalue weighted by Crippen LogP contribution is -2.51. The average Bonchev–Trinajstić information content (AvgIpc) is 4.11. The minimum Gasteiger partial charge on any atom is -0.453 e. The van der Waals surface area contributed by atoms with Gasteiger partial charge in [-0.25, -0.2) is 14.6 Å². The fraction of sp³-hybridized carbons (Fsp3) is 0.457. The van der Waals surface area contributed by atoms with Gasteiger partial charge >= 0.3 is 12.2 Å². The summed E-state index contributed by atoms with van der Waals surface area (Å²) in [5.74, 6) is -1.36. The minimum absolute atomic E-state index is 0.0272. The van der Waals surface area contributed by atoms with Gasteiger partial charge < -0.3 is 44.8 Å². The first-order chi connectivity index (χ1) is 29.9. The van der Waals surface area contributed by atoms with E-state index in [-0.39, 0.29) is 41.9 Å². The zero-order chi connectivity index (χ0) is 43.7. The number of hydrogen-bond acceptors (Lipinski definition) is 9. The van der Waals surface area contributed by atoms with Crippen molar-refractivity contribution in [2.24, 2.45) is 11.8 Å². The van der Waals surface area contributed by atoms with Crippen LogP contribution in [0.5, 0.6) is 0 Å². The molecule has 8 rings (SSSR count). The van der Waals surface area contributed by atoms with E-state index in [2.05, 4.69) is 25.9 Å². The molecule has 1 unspecified atom stereocenters. The van der Waals surface area contributed by atoms with Crippen LogP contribution >= 0.6 is 0 Å². The Morgan fingerprint density at radius 3 is 2.23 bits per heavy atom. The van der Waals surface area contributed by atoms with Crippen molar-refractivity contribution in [1.82, 2.24) is 35.0 Å². The van der Waals surface area contributed by atoms with Crippen LogP contribution in [0.1, 0.15) is 81.4 Å². The summed E-state index contributed by atoms with van der Waals surface area (Å²) in [7, 11) is 2.57. The topological polar surface area (TPSA) is 197 Å². The highest BCUT2D eigenvalue weighted by molar-refractivity contribution is 5.99. The van der Waals surface area contributed by atoms with E-state index in [0.29, 0.717) is 56.8 Å². The van der Waals surface area contributed by atoms with E-state index in [1.165, 1.54) is 14.2 Å². The van der Waals surface area contributed by atoms with Crippen LogP contribution in [0.2, 0.25) is 0 Å². The molecule has 2 aromatic heterocycles. The summed E-state index contributed by atoms with van der Waals surface area (Å²) < 4.78 is 11.6. The number of nitrogens with zero attached hydrogens (tertiary/aromatic N) is 4. The third-order valence-electron chi connectivity index (χ3n) is 12.9. The summed E-state index contributed by atoms with van der Waals surface area (Å²) in [6.45, 7) is 5.11. The van der Waals surface area contributed by atoms with Gasteiger partial charge in [0.15, 0.2) is 0 Å². The fourth-order valence-corrected chi connectivity index (χ4v) is 9.72. The predicted molar refractivity (Wildman–Crippen MR) is 229 cm³/mol. The molecule has 4 N–H and O–H groups in total. The van der Waals surface area contributed by atoms with E-state index in [0.717, 1.165) is 46.5 Å². The van der Waals surface area contributed by atoms with Crippen molar-refractivity contribution in [2.75, 3.05) is 32.6 Å². The second-order valence-corrected chi connectivity index (χ2v) is 17.1. The predicted octanol–water partition coefficient (Wildman–Crippen LogP) is 5.56. The lowest BCUT2D eigenvalue weighted by molar-refractivity contribution is -0.142. The minimum atomic E-state index is -0.708. The summed E-state index contributed by atoms with van der Waals surface area (Å²) in [6.07, 6.45) is 6.59. The number of Topliss-reactive ketones (excluding diaryl/α,β-unsaturated/α-hetero) is 1. The Labute approximate surface area is 360 Å². The number of carbonyl (C=O) groups excluding carboxylic acids is 6. The first-order valence-electron chi connectivity index (χ1n) is 21.5. The van der Waals surface area contributed by atoms with Crippen LogP contribution in [-0.2, 0) is 41.6 Å². The number of ether oxygens (including phenoxy) is 2. The number of imidazole rings is 1. The van der Waals surface area contributed by atoms with E-state index in [1.807, 2.05) is 79.2 Å². The Bertz CT molecular complexity index is 2340. The first kappa shape index (κ1) is 42.2. The molecule has 5 heterocycles. The zero-order valence-corrected chi connectivity index (χ0v) is 35.5. The van der Waals surface area contributed by atoms with Crippen LogP contribution in [0, 0.1) is 11.8 Å². The largest absolute Gasteiger partial charge is 0.453 e. The molecule has 62 heavy (non-hydrogen) atoms. The molecular weight excluding hydrogens is 793 g/mol. The van der Waals surface area contributed by atoms with E-state index in [4.69, 9.17) is 9.47 Å². The third kappa shape index (κ3) is 8.42. The van der Waals surface area contributed by atoms with Gasteiger partial charge in [-0.3, -0.25) is 19.2 Å². The van der Waals surface area contributed by atoms with Crippen molar-refractivity contribution in [3.05, 3.63) is 84.1 Å². The smallest absolute Gasteiger partial charge is 0.407 e. The van der Waals surface area contributed by atoms with Crippen molar-refractivity contribution >= 4 is 41.4 Å². The van der Waals surface area contributed by atoms with Crippen molar-refractivity contribution in [1.29, 1.82) is 0 Å².